The Morgan fingerprint density at radius 1 is 1.21 bits per heavy atom. The van der Waals surface area contributed by atoms with Crippen LogP contribution in [0.25, 0.3) is 0 Å². The average molecular weight is 334 g/mol. The first-order chi connectivity index (χ1) is 11.1. The molecule has 24 heavy (non-hydrogen) atoms. The quantitative estimate of drug-likeness (QED) is 0.805. The van der Waals surface area contributed by atoms with E-state index in [1.165, 1.54) is 5.56 Å². The second-order valence-corrected chi connectivity index (χ2v) is 7.12. The molecule has 1 atom stereocenters. The van der Waals surface area contributed by atoms with Crippen LogP contribution in [-0.4, -0.2) is 36.1 Å². The number of aryl methyl sites for hydroxylation is 1. The number of hydrogen-bond donors (Lipinski definition) is 1. The molecule has 1 rings (SSSR count). The van der Waals surface area contributed by atoms with Crippen LogP contribution in [0.4, 0.5) is 4.79 Å². The van der Waals surface area contributed by atoms with E-state index in [-0.39, 0.29) is 11.9 Å². The number of ether oxygens (including phenoxy) is 1. The van der Waals surface area contributed by atoms with Gasteiger partial charge in [0.25, 0.3) is 0 Å². The predicted octanol–water partition coefficient (Wildman–Crippen LogP) is 3.82. The third-order valence-corrected chi connectivity index (χ3v) is 3.77. The van der Waals surface area contributed by atoms with Crippen LogP contribution in [0.3, 0.4) is 0 Å². The third kappa shape index (κ3) is 7.02. The van der Waals surface area contributed by atoms with Gasteiger partial charge in [-0.1, -0.05) is 29.8 Å². The molecule has 1 N–H and O–H groups in total. The summed E-state index contributed by atoms with van der Waals surface area (Å²) >= 11 is 0. The first-order valence-electron chi connectivity index (χ1n) is 8.39. The smallest absolute Gasteiger partial charge is 0.407 e. The van der Waals surface area contributed by atoms with Crippen LogP contribution in [0.5, 0.6) is 0 Å². The molecular formula is C19H30N2O3. The van der Waals surface area contributed by atoms with Crippen LogP contribution >= 0.6 is 0 Å². The van der Waals surface area contributed by atoms with Crippen molar-refractivity contribution in [2.45, 2.75) is 59.1 Å². The van der Waals surface area contributed by atoms with E-state index < -0.39 is 11.7 Å². The summed E-state index contributed by atoms with van der Waals surface area (Å²) in [5.41, 5.74) is 1.81. The van der Waals surface area contributed by atoms with Crippen molar-refractivity contribution in [2.24, 2.45) is 0 Å². The predicted molar refractivity (Wildman–Crippen MR) is 95.8 cm³/mol. The zero-order valence-electron chi connectivity index (χ0n) is 15.7. The number of benzene rings is 1. The molecule has 0 aromatic heterocycles. The van der Waals surface area contributed by atoms with Gasteiger partial charge in [-0.15, -0.1) is 0 Å². The summed E-state index contributed by atoms with van der Waals surface area (Å²) in [5, 5.41) is 2.67. The number of nitrogens with one attached hydrogen (secondary N) is 1. The van der Waals surface area contributed by atoms with Gasteiger partial charge in [0.15, 0.2) is 0 Å². The van der Waals surface area contributed by atoms with Gasteiger partial charge in [0.05, 0.1) is 6.04 Å². The Morgan fingerprint density at radius 2 is 1.79 bits per heavy atom. The molecular weight excluding hydrogens is 304 g/mol. The number of carbonyl (C=O) groups excluding carboxylic acids is 2. The monoisotopic (exact) mass is 334 g/mol. The molecule has 0 aliphatic heterocycles. The summed E-state index contributed by atoms with van der Waals surface area (Å²) in [6.45, 7) is 9.93. The van der Waals surface area contributed by atoms with E-state index in [0.717, 1.165) is 5.56 Å². The fourth-order valence-electron chi connectivity index (χ4n) is 2.21. The fraction of sp³-hybridized carbons (Fsp3) is 0.579. The van der Waals surface area contributed by atoms with Gasteiger partial charge in [-0.25, -0.2) is 4.79 Å². The van der Waals surface area contributed by atoms with E-state index in [1.807, 2.05) is 53.8 Å². The highest BCUT2D eigenvalue weighted by Gasteiger charge is 2.18. The highest BCUT2D eigenvalue weighted by Crippen LogP contribution is 2.20. The molecule has 1 aromatic rings. The Balaban J connectivity index is 2.36. The molecule has 0 bridgehead atoms. The summed E-state index contributed by atoms with van der Waals surface area (Å²) in [4.78, 5) is 25.6. The number of hydrogen-bond acceptors (Lipinski definition) is 3. The molecule has 1 unspecified atom stereocenters. The van der Waals surface area contributed by atoms with Crippen LogP contribution in [0.1, 0.15) is 57.7 Å². The SMILES string of the molecule is Cc1ccc(C(C)N(C)C(=O)CCCNC(=O)OC(C)(C)C)cc1. The molecule has 0 aliphatic carbocycles. The topological polar surface area (TPSA) is 58.6 Å². The van der Waals surface area contributed by atoms with E-state index in [4.69, 9.17) is 4.74 Å². The summed E-state index contributed by atoms with van der Waals surface area (Å²) in [6.07, 6.45) is 0.530. The Morgan fingerprint density at radius 3 is 2.33 bits per heavy atom. The highest BCUT2D eigenvalue weighted by molar-refractivity contribution is 5.76. The van der Waals surface area contributed by atoms with Crippen LogP contribution in [0, 0.1) is 6.92 Å². The average Bonchev–Trinajstić information content (AvgIpc) is 2.49. The molecule has 134 valence electrons. The molecule has 0 fully saturated rings. The number of alkyl carbamates (subject to hydrolysis) is 1. The van der Waals surface area contributed by atoms with Gasteiger partial charge >= 0.3 is 6.09 Å². The zero-order chi connectivity index (χ0) is 18.3. The van der Waals surface area contributed by atoms with Gasteiger partial charge in [0, 0.05) is 20.0 Å². The summed E-state index contributed by atoms with van der Waals surface area (Å²) in [5.74, 6) is 0.0639. The lowest BCUT2D eigenvalue weighted by atomic mass is 10.1. The van der Waals surface area contributed by atoms with Crippen LogP contribution < -0.4 is 5.32 Å². The van der Waals surface area contributed by atoms with Crippen molar-refractivity contribution in [1.29, 1.82) is 0 Å². The Hall–Kier alpha value is -2.04. The van der Waals surface area contributed by atoms with Crippen molar-refractivity contribution in [1.82, 2.24) is 10.2 Å². The van der Waals surface area contributed by atoms with E-state index in [2.05, 4.69) is 17.4 Å². The zero-order valence-corrected chi connectivity index (χ0v) is 15.7. The lowest BCUT2D eigenvalue weighted by molar-refractivity contribution is -0.131. The molecule has 0 spiro atoms. The standard InChI is InChI=1S/C19H30N2O3/c1-14-9-11-16(12-10-14)15(2)21(6)17(22)8-7-13-20-18(23)24-19(3,4)5/h9-12,15H,7-8,13H2,1-6H3,(H,20,23). The number of rotatable bonds is 6. The van der Waals surface area contributed by atoms with E-state index >= 15 is 0 Å². The molecule has 2 amide bonds. The lowest BCUT2D eigenvalue weighted by Gasteiger charge is -2.25. The number of amides is 2. The first-order valence-corrected chi connectivity index (χ1v) is 8.39. The third-order valence-electron chi connectivity index (χ3n) is 3.77. The van der Waals surface area contributed by atoms with Crippen molar-refractivity contribution >= 4 is 12.0 Å². The van der Waals surface area contributed by atoms with E-state index in [9.17, 15) is 9.59 Å². The Labute approximate surface area is 145 Å². The van der Waals surface area contributed by atoms with Crippen LogP contribution in [0.15, 0.2) is 24.3 Å². The Kier molecular flexibility index (Phi) is 7.26. The molecule has 0 saturated heterocycles. The normalized spacial score (nSPS) is 12.4. The maximum Gasteiger partial charge on any atom is 0.407 e. The largest absolute Gasteiger partial charge is 0.444 e. The van der Waals surface area contributed by atoms with Crippen molar-refractivity contribution in [2.75, 3.05) is 13.6 Å². The van der Waals surface area contributed by atoms with Gasteiger partial charge in [-0.05, 0) is 46.6 Å². The minimum atomic E-state index is -0.510. The van der Waals surface area contributed by atoms with Gasteiger partial charge in [-0.2, -0.15) is 0 Å². The highest BCUT2D eigenvalue weighted by atomic mass is 16.6. The molecule has 5 heteroatoms. The van der Waals surface area contributed by atoms with E-state index in [0.29, 0.717) is 19.4 Å². The van der Waals surface area contributed by atoms with Crippen LogP contribution in [-0.2, 0) is 9.53 Å². The van der Waals surface area contributed by atoms with E-state index in [1.54, 1.807) is 4.90 Å². The van der Waals surface area contributed by atoms with Gasteiger partial charge in [0.2, 0.25) is 5.91 Å². The maximum atomic E-state index is 12.3. The summed E-state index contributed by atoms with van der Waals surface area (Å²) in [6, 6.07) is 8.22. The fourth-order valence-corrected chi connectivity index (χ4v) is 2.21. The minimum absolute atomic E-state index is 0.0249. The van der Waals surface area contributed by atoms with Crippen molar-refractivity contribution in [3.63, 3.8) is 0 Å². The van der Waals surface area contributed by atoms with Crippen molar-refractivity contribution in [3.8, 4) is 0 Å². The first kappa shape index (κ1) is 20.0. The molecule has 0 aliphatic rings. The minimum Gasteiger partial charge on any atom is -0.444 e. The lowest BCUT2D eigenvalue weighted by Crippen LogP contribution is -2.34. The summed E-state index contributed by atoms with van der Waals surface area (Å²) in [7, 11) is 1.81. The second-order valence-electron chi connectivity index (χ2n) is 7.12. The second kappa shape index (κ2) is 8.71. The van der Waals surface area contributed by atoms with Crippen LogP contribution in [0.2, 0.25) is 0 Å². The summed E-state index contributed by atoms with van der Waals surface area (Å²) < 4.78 is 5.15. The molecule has 0 radical (unpaired) electrons. The van der Waals surface area contributed by atoms with Crippen molar-refractivity contribution in [3.05, 3.63) is 35.4 Å². The molecule has 5 nitrogen and oxygen atoms in total. The number of nitrogens with zero attached hydrogens (tertiary/aromatic N) is 1. The van der Waals surface area contributed by atoms with Gasteiger partial charge in [-0.3, -0.25) is 4.79 Å². The maximum absolute atomic E-state index is 12.3. The van der Waals surface area contributed by atoms with Gasteiger partial charge < -0.3 is 15.0 Å². The van der Waals surface area contributed by atoms with Gasteiger partial charge in [0.1, 0.15) is 5.60 Å². The number of carbonyl (C=O) groups is 2. The van der Waals surface area contributed by atoms with Crippen molar-refractivity contribution < 1.29 is 14.3 Å². The molecule has 1 aromatic carbocycles. The molecule has 0 saturated carbocycles. The molecule has 0 heterocycles. The Bertz CT molecular complexity index is 547.